The van der Waals surface area contributed by atoms with Crippen molar-refractivity contribution in [3.8, 4) is 0 Å². The lowest BCUT2D eigenvalue weighted by atomic mass is 10.2. The maximum absolute atomic E-state index is 12.7. The van der Waals surface area contributed by atoms with E-state index in [1.54, 1.807) is 6.07 Å². The first kappa shape index (κ1) is 14.2. The fraction of sp³-hybridized carbons (Fsp3) is 0.286. The third-order valence-electron chi connectivity index (χ3n) is 3.74. The number of thiophene rings is 1. The first-order valence-corrected chi connectivity index (χ1v) is 7.77. The van der Waals surface area contributed by atoms with Crippen molar-refractivity contribution in [1.29, 1.82) is 0 Å². The van der Waals surface area contributed by atoms with Gasteiger partial charge in [-0.2, -0.15) is 0 Å². The molecule has 1 aliphatic heterocycles. The predicted octanol–water partition coefficient (Wildman–Crippen LogP) is 2.23. The molecular weight excluding hydrogens is 310 g/mol. The molecule has 1 aliphatic rings. The van der Waals surface area contributed by atoms with Crippen LogP contribution in [0.4, 0.5) is 5.69 Å². The summed E-state index contributed by atoms with van der Waals surface area (Å²) < 4.78 is 0.859. The van der Waals surface area contributed by atoms with Gasteiger partial charge in [-0.05, 0) is 25.0 Å². The van der Waals surface area contributed by atoms with Crippen molar-refractivity contribution in [3.63, 3.8) is 0 Å². The number of likely N-dealkylation sites (tertiary alicyclic amines) is 1. The number of carbonyl (C=O) groups is 2. The molecule has 1 unspecified atom stereocenters. The largest absolute Gasteiger partial charge is 0.397 e. The lowest BCUT2D eigenvalue weighted by Crippen LogP contribution is -2.43. The van der Waals surface area contributed by atoms with E-state index in [2.05, 4.69) is 0 Å². The van der Waals surface area contributed by atoms with Gasteiger partial charge in [0.2, 0.25) is 5.91 Å². The zero-order chi connectivity index (χ0) is 15.1. The highest BCUT2D eigenvalue weighted by Gasteiger charge is 2.35. The van der Waals surface area contributed by atoms with Crippen LogP contribution in [0.1, 0.15) is 22.5 Å². The molecule has 0 saturated carbocycles. The van der Waals surface area contributed by atoms with Crippen LogP contribution >= 0.6 is 22.9 Å². The summed E-state index contributed by atoms with van der Waals surface area (Å²) in [5.41, 5.74) is 11.8. The second kappa shape index (κ2) is 5.20. The van der Waals surface area contributed by atoms with Crippen LogP contribution in [0.3, 0.4) is 0 Å². The van der Waals surface area contributed by atoms with Gasteiger partial charge in [0.15, 0.2) is 0 Å². The number of benzene rings is 1. The zero-order valence-corrected chi connectivity index (χ0v) is 12.7. The summed E-state index contributed by atoms with van der Waals surface area (Å²) >= 11 is 7.44. The Hall–Kier alpha value is -1.79. The number of hydrogen-bond acceptors (Lipinski definition) is 4. The molecule has 0 bridgehead atoms. The topological polar surface area (TPSA) is 89.4 Å². The molecule has 1 atom stereocenters. The molecule has 3 rings (SSSR count). The average molecular weight is 324 g/mol. The van der Waals surface area contributed by atoms with Crippen molar-refractivity contribution < 1.29 is 9.59 Å². The molecule has 0 spiro atoms. The quantitative estimate of drug-likeness (QED) is 0.888. The van der Waals surface area contributed by atoms with Gasteiger partial charge in [0, 0.05) is 16.6 Å². The fourth-order valence-electron chi connectivity index (χ4n) is 2.72. The molecule has 1 aromatic heterocycles. The maximum atomic E-state index is 12.7. The SMILES string of the molecule is NC(=O)C1CCCN1C(=O)c1sc2cccc(Cl)c2c1N. The molecular formula is C14H14ClN3O2S. The second-order valence-corrected chi connectivity index (χ2v) is 6.48. The van der Waals surface area contributed by atoms with Gasteiger partial charge in [0.05, 0.1) is 10.7 Å². The Bertz CT molecular complexity index is 743. The predicted molar refractivity (Wildman–Crippen MR) is 84.5 cm³/mol. The molecule has 1 fully saturated rings. The summed E-state index contributed by atoms with van der Waals surface area (Å²) in [6, 6.07) is 4.88. The number of amides is 2. The van der Waals surface area contributed by atoms with Crippen molar-refractivity contribution in [2.45, 2.75) is 18.9 Å². The van der Waals surface area contributed by atoms with E-state index >= 15 is 0 Å². The van der Waals surface area contributed by atoms with Crippen LogP contribution in [0.15, 0.2) is 18.2 Å². The van der Waals surface area contributed by atoms with E-state index in [0.717, 1.165) is 11.1 Å². The van der Waals surface area contributed by atoms with Crippen LogP contribution in [0, 0.1) is 0 Å². The molecule has 5 nitrogen and oxygen atoms in total. The van der Waals surface area contributed by atoms with Crippen LogP contribution in [0.5, 0.6) is 0 Å². The van der Waals surface area contributed by atoms with Gasteiger partial charge < -0.3 is 16.4 Å². The molecule has 0 radical (unpaired) electrons. The molecule has 1 saturated heterocycles. The van der Waals surface area contributed by atoms with Crippen molar-refractivity contribution in [3.05, 3.63) is 28.1 Å². The first-order valence-electron chi connectivity index (χ1n) is 6.57. The third-order valence-corrected chi connectivity index (χ3v) is 5.21. The maximum Gasteiger partial charge on any atom is 0.266 e. The van der Waals surface area contributed by atoms with Gasteiger partial charge in [-0.1, -0.05) is 17.7 Å². The van der Waals surface area contributed by atoms with Crippen LogP contribution in [0.2, 0.25) is 5.02 Å². The fourth-order valence-corrected chi connectivity index (χ4v) is 4.16. The van der Waals surface area contributed by atoms with Gasteiger partial charge in [-0.25, -0.2) is 0 Å². The number of carbonyl (C=O) groups excluding carboxylic acids is 2. The summed E-state index contributed by atoms with van der Waals surface area (Å²) in [7, 11) is 0. The van der Waals surface area contributed by atoms with E-state index in [9.17, 15) is 9.59 Å². The molecule has 21 heavy (non-hydrogen) atoms. The standard InChI is InChI=1S/C14H14ClN3O2S/c15-7-3-1-5-9-10(7)11(16)12(21-9)14(20)18-6-2-4-8(18)13(17)19/h1,3,5,8H,2,4,6,16H2,(H2,17,19). The third kappa shape index (κ3) is 2.24. The molecule has 110 valence electrons. The number of nitrogen functional groups attached to an aromatic ring is 1. The van der Waals surface area contributed by atoms with E-state index in [0.29, 0.717) is 33.9 Å². The number of fused-ring (bicyclic) bond motifs is 1. The summed E-state index contributed by atoms with van der Waals surface area (Å²) in [5, 5.41) is 1.22. The molecule has 7 heteroatoms. The molecule has 4 N–H and O–H groups in total. The molecule has 2 heterocycles. The summed E-state index contributed by atoms with van der Waals surface area (Å²) in [4.78, 5) is 26.0. The Labute approximate surface area is 130 Å². The van der Waals surface area contributed by atoms with Crippen molar-refractivity contribution in [2.24, 2.45) is 5.73 Å². The van der Waals surface area contributed by atoms with E-state index in [1.165, 1.54) is 16.2 Å². The Balaban J connectivity index is 2.04. The number of nitrogens with two attached hydrogens (primary N) is 2. The van der Waals surface area contributed by atoms with Gasteiger partial charge in [-0.15, -0.1) is 11.3 Å². The zero-order valence-electron chi connectivity index (χ0n) is 11.1. The van der Waals surface area contributed by atoms with Gasteiger partial charge >= 0.3 is 0 Å². The normalized spacial score (nSPS) is 18.3. The van der Waals surface area contributed by atoms with Crippen LogP contribution in [0.25, 0.3) is 10.1 Å². The minimum Gasteiger partial charge on any atom is -0.397 e. The highest BCUT2D eigenvalue weighted by molar-refractivity contribution is 7.21. The van der Waals surface area contributed by atoms with Crippen molar-refractivity contribution in [1.82, 2.24) is 4.90 Å². The molecule has 1 aromatic carbocycles. The number of hydrogen-bond donors (Lipinski definition) is 2. The monoisotopic (exact) mass is 323 g/mol. The number of halogens is 1. The van der Waals surface area contributed by atoms with Crippen LogP contribution in [-0.2, 0) is 4.79 Å². The minimum atomic E-state index is -0.544. The number of anilines is 1. The summed E-state index contributed by atoms with van der Waals surface area (Å²) in [6.07, 6.45) is 1.37. The molecule has 2 amide bonds. The van der Waals surface area contributed by atoms with Crippen molar-refractivity contribution >= 4 is 50.5 Å². The Morgan fingerprint density at radius 2 is 2.14 bits per heavy atom. The lowest BCUT2D eigenvalue weighted by Gasteiger charge is -2.21. The second-order valence-electron chi connectivity index (χ2n) is 5.02. The Morgan fingerprint density at radius 1 is 1.38 bits per heavy atom. The smallest absolute Gasteiger partial charge is 0.266 e. The summed E-state index contributed by atoms with van der Waals surface area (Å²) in [5.74, 6) is -0.718. The number of primary amides is 1. The van der Waals surface area contributed by atoms with E-state index in [-0.39, 0.29) is 5.91 Å². The molecule has 2 aromatic rings. The lowest BCUT2D eigenvalue weighted by molar-refractivity contribution is -0.121. The van der Waals surface area contributed by atoms with Crippen LogP contribution in [-0.4, -0.2) is 29.3 Å². The number of rotatable bonds is 2. The minimum absolute atomic E-state index is 0.244. The number of nitrogens with zero attached hydrogens (tertiary/aromatic N) is 1. The van der Waals surface area contributed by atoms with E-state index in [4.69, 9.17) is 23.1 Å². The first-order chi connectivity index (χ1) is 10.0. The highest BCUT2D eigenvalue weighted by Crippen LogP contribution is 2.39. The van der Waals surface area contributed by atoms with Gasteiger partial charge in [0.25, 0.3) is 5.91 Å². The Kier molecular flexibility index (Phi) is 3.51. The molecule has 0 aliphatic carbocycles. The van der Waals surface area contributed by atoms with Gasteiger partial charge in [-0.3, -0.25) is 9.59 Å². The summed E-state index contributed by atoms with van der Waals surface area (Å²) in [6.45, 7) is 0.522. The Morgan fingerprint density at radius 3 is 2.81 bits per heavy atom. The van der Waals surface area contributed by atoms with E-state index < -0.39 is 11.9 Å². The van der Waals surface area contributed by atoms with Gasteiger partial charge in [0.1, 0.15) is 10.9 Å². The highest BCUT2D eigenvalue weighted by atomic mass is 35.5. The van der Waals surface area contributed by atoms with E-state index in [1.807, 2.05) is 12.1 Å². The average Bonchev–Trinajstić information content (AvgIpc) is 3.04. The van der Waals surface area contributed by atoms with Crippen LogP contribution < -0.4 is 11.5 Å². The van der Waals surface area contributed by atoms with Crippen molar-refractivity contribution in [2.75, 3.05) is 12.3 Å².